The van der Waals surface area contributed by atoms with Gasteiger partial charge >= 0.3 is 0 Å². The van der Waals surface area contributed by atoms with Gasteiger partial charge in [-0.2, -0.15) is 0 Å². The molecule has 1 saturated heterocycles. The highest BCUT2D eigenvalue weighted by atomic mass is 16.2. The number of rotatable bonds is 5. The van der Waals surface area contributed by atoms with E-state index in [-0.39, 0.29) is 11.9 Å². The molecule has 1 aliphatic heterocycles. The molecule has 0 radical (unpaired) electrons. The summed E-state index contributed by atoms with van der Waals surface area (Å²) in [4.78, 5) is 15.9. The van der Waals surface area contributed by atoms with E-state index < -0.39 is 0 Å². The average Bonchev–Trinajstić information content (AvgIpc) is 2.65. The molecule has 1 amide bonds. The summed E-state index contributed by atoms with van der Waals surface area (Å²) in [5, 5.41) is 0. The molecule has 1 rings (SSSR count). The van der Waals surface area contributed by atoms with E-state index in [1.165, 1.54) is 6.42 Å². The summed E-state index contributed by atoms with van der Waals surface area (Å²) in [6, 6.07) is 0.287. The van der Waals surface area contributed by atoms with Gasteiger partial charge in [-0.3, -0.25) is 9.69 Å². The zero-order valence-corrected chi connectivity index (χ0v) is 10.8. The predicted octanol–water partition coefficient (Wildman–Crippen LogP) is 0.524. The van der Waals surface area contributed by atoms with E-state index in [0.717, 1.165) is 26.1 Å². The Labute approximate surface area is 98.8 Å². The molecule has 0 aromatic rings. The summed E-state index contributed by atoms with van der Waals surface area (Å²) in [7, 11) is 1.88. The zero-order valence-electron chi connectivity index (χ0n) is 10.8. The van der Waals surface area contributed by atoms with E-state index in [4.69, 9.17) is 5.73 Å². The zero-order chi connectivity index (χ0) is 12.1. The Balaban J connectivity index is 2.31. The number of amides is 1. The van der Waals surface area contributed by atoms with Crippen molar-refractivity contribution in [2.45, 2.75) is 32.7 Å². The predicted molar refractivity (Wildman–Crippen MR) is 66.1 cm³/mol. The topological polar surface area (TPSA) is 49.6 Å². The standard InChI is InChI=1S/C12H25N3O/c1-10(2)14(3)12(16)9-15-7-5-11(8-15)4-6-13/h10-11H,4-9,13H2,1-3H3. The third-order valence-corrected chi connectivity index (χ3v) is 3.47. The number of likely N-dealkylation sites (tertiary alicyclic amines) is 1. The number of carbonyl (C=O) groups excluding carboxylic acids is 1. The lowest BCUT2D eigenvalue weighted by atomic mass is 10.1. The van der Waals surface area contributed by atoms with Crippen LogP contribution in [0.1, 0.15) is 26.7 Å². The summed E-state index contributed by atoms with van der Waals surface area (Å²) in [6.07, 6.45) is 2.28. The van der Waals surface area contributed by atoms with E-state index >= 15 is 0 Å². The molecule has 0 saturated carbocycles. The Morgan fingerprint density at radius 3 is 2.81 bits per heavy atom. The first-order valence-electron chi connectivity index (χ1n) is 6.22. The van der Waals surface area contributed by atoms with Crippen LogP contribution >= 0.6 is 0 Å². The summed E-state index contributed by atoms with van der Waals surface area (Å²) < 4.78 is 0. The molecular weight excluding hydrogens is 202 g/mol. The van der Waals surface area contributed by atoms with Crippen LogP contribution in [0.5, 0.6) is 0 Å². The molecule has 0 spiro atoms. The van der Waals surface area contributed by atoms with Crippen molar-refractivity contribution >= 4 is 5.91 Å². The lowest BCUT2D eigenvalue weighted by molar-refractivity contribution is -0.132. The van der Waals surface area contributed by atoms with Crippen molar-refractivity contribution in [2.75, 3.05) is 33.2 Å². The summed E-state index contributed by atoms with van der Waals surface area (Å²) in [5.41, 5.74) is 5.55. The first-order valence-corrected chi connectivity index (χ1v) is 6.22. The molecule has 1 aliphatic rings. The fourth-order valence-electron chi connectivity index (χ4n) is 2.12. The minimum absolute atomic E-state index is 0.225. The van der Waals surface area contributed by atoms with Gasteiger partial charge in [0.2, 0.25) is 5.91 Å². The quantitative estimate of drug-likeness (QED) is 0.745. The number of nitrogens with two attached hydrogens (primary N) is 1. The summed E-state index contributed by atoms with van der Waals surface area (Å²) >= 11 is 0. The smallest absolute Gasteiger partial charge is 0.236 e. The van der Waals surface area contributed by atoms with Crippen LogP contribution in [0.2, 0.25) is 0 Å². The van der Waals surface area contributed by atoms with Gasteiger partial charge in [0.25, 0.3) is 0 Å². The van der Waals surface area contributed by atoms with Gasteiger partial charge in [-0.1, -0.05) is 0 Å². The molecule has 1 heterocycles. The molecule has 0 aliphatic carbocycles. The number of likely N-dealkylation sites (N-methyl/N-ethyl adjacent to an activating group) is 1. The van der Waals surface area contributed by atoms with Gasteiger partial charge in [-0.25, -0.2) is 0 Å². The highest BCUT2D eigenvalue weighted by molar-refractivity contribution is 5.78. The second-order valence-corrected chi connectivity index (χ2v) is 5.07. The number of nitrogens with zero attached hydrogens (tertiary/aromatic N) is 2. The fraction of sp³-hybridized carbons (Fsp3) is 0.917. The van der Waals surface area contributed by atoms with Gasteiger partial charge in [0.05, 0.1) is 6.54 Å². The third kappa shape index (κ3) is 3.76. The van der Waals surface area contributed by atoms with Crippen molar-refractivity contribution in [3.05, 3.63) is 0 Å². The molecule has 1 unspecified atom stereocenters. The molecule has 94 valence electrons. The van der Waals surface area contributed by atoms with Crippen molar-refractivity contribution in [2.24, 2.45) is 11.7 Å². The van der Waals surface area contributed by atoms with Gasteiger partial charge in [0.15, 0.2) is 0 Å². The van der Waals surface area contributed by atoms with E-state index in [1.54, 1.807) is 0 Å². The van der Waals surface area contributed by atoms with Gasteiger partial charge in [0, 0.05) is 19.6 Å². The number of hydrogen-bond donors (Lipinski definition) is 1. The highest BCUT2D eigenvalue weighted by Crippen LogP contribution is 2.18. The van der Waals surface area contributed by atoms with Gasteiger partial charge in [0.1, 0.15) is 0 Å². The lowest BCUT2D eigenvalue weighted by Gasteiger charge is -2.24. The second-order valence-electron chi connectivity index (χ2n) is 5.07. The Kier molecular flexibility index (Phi) is 5.22. The lowest BCUT2D eigenvalue weighted by Crippen LogP contribution is -2.40. The number of hydrogen-bond acceptors (Lipinski definition) is 3. The minimum Gasteiger partial charge on any atom is -0.342 e. The van der Waals surface area contributed by atoms with Crippen molar-refractivity contribution in [3.8, 4) is 0 Å². The Bertz CT molecular complexity index is 230. The third-order valence-electron chi connectivity index (χ3n) is 3.47. The first-order chi connectivity index (χ1) is 7.54. The molecule has 1 atom stereocenters. The van der Waals surface area contributed by atoms with Gasteiger partial charge in [-0.05, 0) is 45.7 Å². The first kappa shape index (κ1) is 13.5. The fourth-order valence-corrected chi connectivity index (χ4v) is 2.12. The van der Waals surface area contributed by atoms with Crippen LogP contribution in [0.25, 0.3) is 0 Å². The van der Waals surface area contributed by atoms with E-state index in [1.807, 2.05) is 25.8 Å². The molecular formula is C12H25N3O. The maximum Gasteiger partial charge on any atom is 0.236 e. The van der Waals surface area contributed by atoms with E-state index in [9.17, 15) is 4.79 Å². The normalized spacial score (nSPS) is 21.7. The average molecular weight is 227 g/mol. The van der Waals surface area contributed by atoms with Crippen molar-refractivity contribution < 1.29 is 4.79 Å². The minimum atomic E-state index is 0.225. The molecule has 16 heavy (non-hydrogen) atoms. The van der Waals surface area contributed by atoms with Gasteiger partial charge < -0.3 is 10.6 Å². The maximum absolute atomic E-state index is 11.9. The highest BCUT2D eigenvalue weighted by Gasteiger charge is 2.24. The van der Waals surface area contributed by atoms with Crippen LogP contribution in [0.3, 0.4) is 0 Å². The maximum atomic E-state index is 11.9. The van der Waals surface area contributed by atoms with Crippen molar-refractivity contribution in [1.82, 2.24) is 9.80 Å². The van der Waals surface area contributed by atoms with Crippen LogP contribution in [0.4, 0.5) is 0 Å². The van der Waals surface area contributed by atoms with Gasteiger partial charge in [-0.15, -0.1) is 0 Å². The Morgan fingerprint density at radius 2 is 2.25 bits per heavy atom. The van der Waals surface area contributed by atoms with Crippen molar-refractivity contribution in [3.63, 3.8) is 0 Å². The molecule has 4 nitrogen and oxygen atoms in total. The molecule has 4 heteroatoms. The molecule has 0 aromatic carbocycles. The molecule has 0 bridgehead atoms. The molecule has 1 fully saturated rings. The Hall–Kier alpha value is -0.610. The molecule has 2 N–H and O–H groups in total. The number of carbonyl (C=O) groups is 1. The van der Waals surface area contributed by atoms with Crippen LogP contribution in [0.15, 0.2) is 0 Å². The van der Waals surface area contributed by atoms with Crippen LogP contribution in [-0.4, -0.2) is 55.0 Å². The SMILES string of the molecule is CC(C)N(C)C(=O)CN1CCC(CCN)C1. The van der Waals surface area contributed by atoms with Crippen molar-refractivity contribution in [1.29, 1.82) is 0 Å². The summed E-state index contributed by atoms with van der Waals surface area (Å²) in [5.74, 6) is 0.922. The van der Waals surface area contributed by atoms with Crippen LogP contribution in [-0.2, 0) is 4.79 Å². The molecule has 0 aromatic heterocycles. The monoisotopic (exact) mass is 227 g/mol. The Morgan fingerprint density at radius 1 is 1.56 bits per heavy atom. The van der Waals surface area contributed by atoms with Crippen LogP contribution < -0.4 is 5.73 Å². The van der Waals surface area contributed by atoms with E-state index in [0.29, 0.717) is 12.5 Å². The second kappa shape index (κ2) is 6.21. The largest absolute Gasteiger partial charge is 0.342 e. The summed E-state index contributed by atoms with van der Waals surface area (Å²) in [6.45, 7) is 7.49. The van der Waals surface area contributed by atoms with Crippen LogP contribution in [0, 0.1) is 5.92 Å². The van der Waals surface area contributed by atoms with E-state index in [2.05, 4.69) is 4.90 Å².